The lowest BCUT2D eigenvalue weighted by Crippen LogP contribution is -2.28. The second kappa shape index (κ2) is 5.72. The second-order valence-corrected chi connectivity index (χ2v) is 6.27. The van der Waals surface area contributed by atoms with Crippen LogP contribution in [-0.4, -0.2) is 20.2 Å². The van der Waals surface area contributed by atoms with Crippen LogP contribution >= 0.6 is 11.6 Å². The molecule has 2 aliphatic rings. The van der Waals surface area contributed by atoms with E-state index in [-0.39, 0.29) is 0 Å². The molecular formula is C16H22ClNO. The molecule has 104 valence electrons. The maximum Gasteiger partial charge on any atom is 0.124 e. The molecule has 0 atom stereocenters. The smallest absolute Gasteiger partial charge is 0.124 e. The number of piperidine rings is 1. The topological polar surface area (TPSA) is 21.3 Å². The first-order chi connectivity index (χ1) is 9.28. The third kappa shape index (κ3) is 3.06. The summed E-state index contributed by atoms with van der Waals surface area (Å²) in [6.45, 7) is 2.30. The van der Waals surface area contributed by atoms with Crippen molar-refractivity contribution < 1.29 is 4.74 Å². The van der Waals surface area contributed by atoms with E-state index in [2.05, 4.69) is 17.4 Å². The molecule has 1 aliphatic carbocycles. The number of nitrogens with one attached hydrogen (secondary N) is 1. The van der Waals surface area contributed by atoms with Crippen molar-refractivity contribution in [2.24, 2.45) is 5.92 Å². The van der Waals surface area contributed by atoms with Crippen LogP contribution in [0.1, 0.15) is 42.7 Å². The summed E-state index contributed by atoms with van der Waals surface area (Å²) in [5.41, 5.74) is 2.57. The van der Waals surface area contributed by atoms with Crippen LogP contribution in [0.4, 0.5) is 0 Å². The quantitative estimate of drug-likeness (QED) is 0.906. The minimum atomic E-state index is 0.635. The van der Waals surface area contributed by atoms with Crippen molar-refractivity contribution in [3.8, 4) is 5.75 Å². The average molecular weight is 280 g/mol. The molecule has 2 nitrogen and oxygen atoms in total. The van der Waals surface area contributed by atoms with E-state index in [4.69, 9.17) is 16.3 Å². The van der Waals surface area contributed by atoms with Gasteiger partial charge in [-0.2, -0.15) is 0 Å². The maximum absolute atomic E-state index is 6.47. The lowest BCUT2D eigenvalue weighted by molar-refractivity contribution is 0.371. The van der Waals surface area contributed by atoms with Gasteiger partial charge in [0.2, 0.25) is 0 Å². The lowest BCUT2D eigenvalue weighted by atomic mass is 9.90. The lowest BCUT2D eigenvalue weighted by Gasteiger charge is -2.23. The van der Waals surface area contributed by atoms with Crippen LogP contribution in [0.25, 0.3) is 0 Å². The van der Waals surface area contributed by atoms with Crippen molar-refractivity contribution in [3.05, 3.63) is 28.3 Å². The van der Waals surface area contributed by atoms with Crippen LogP contribution in [0.3, 0.4) is 0 Å². The highest BCUT2D eigenvalue weighted by Crippen LogP contribution is 2.48. The van der Waals surface area contributed by atoms with E-state index < -0.39 is 0 Å². The van der Waals surface area contributed by atoms with Gasteiger partial charge in [0.1, 0.15) is 5.75 Å². The molecule has 19 heavy (non-hydrogen) atoms. The average Bonchev–Trinajstić information content (AvgIpc) is 3.23. The highest BCUT2D eigenvalue weighted by Gasteiger charge is 2.29. The molecule has 0 unspecified atom stereocenters. The van der Waals surface area contributed by atoms with E-state index >= 15 is 0 Å². The predicted molar refractivity (Wildman–Crippen MR) is 79.3 cm³/mol. The van der Waals surface area contributed by atoms with Gasteiger partial charge in [0.05, 0.1) is 7.11 Å². The first kappa shape index (κ1) is 13.3. The number of methoxy groups -OCH3 is 1. The van der Waals surface area contributed by atoms with E-state index in [0.29, 0.717) is 5.92 Å². The van der Waals surface area contributed by atoms with Gasteiger partial charge in [0.15, 0.2) is 0 Å². The molecule has 1 aromatic carbocycles. The Labute approximate surface area is 120 Å². The first-order valence-corrected chi connectivity index (χ1v) is 7.72. The van der Waals surface area contributed by atoms with Crippen LogP contribution in [0.5, 0.6) is 5.75 Å². The van der Waals surface area contributed by atoms with Gasteiger partial charge >= 0.3 is 0 Å². The standard InChI is InChI=1S/C16H22ClNO/c1-19-15-10-12(8-11-4-6-18-7-5-11)9-14(17)16(15)13-2-3-13/h9-11,13,18H,2-8H2,1H3. The van der Waals surface area contributed by atoms with E-state index in [0.717, 1.165) is 36.2 Å². The van der Waals surface area contributed by atoms with Gasteiger partial charge in [-0.05, 0) is 74.7 Å². The highest BCUT2D eigenvalue weighted by molar-refractivity contribution is 6.31. The Morgan fingerprint density at radius 2 is 1.95 bits per heavy atom. The molecule has 3 rings (SSSR count). The summed E-state index contributed by atoms with van der Waals surface area (Å²) in [6, 6.07) is 4.38. The summed E-state index contributed by atoms with van der Waals surface area (Å²) in [7, 11) is 1.76. The van der Waals surface area contributed by atoms with Crippen LogP contribution in [0.2, 0.25) is 5.02 Å². The molecule has 2 fully saturated rings. The van der Waals surface area contributed by atoms with Crippen molar-refractivity contribution in [1.82, 2.24) is 5.32 Å². The summed E-state index contributed by atoms with van der Waals surface area (Å²) in [5.74, 6) is 2.42. The molecule has 1 aromatic rings. The van der Waals surface area contributed by atoms with Gasteiger partial charge in [-0.1, -0.05) is 11.6 Å². The van der Waals surface area contributed by atoms with E-state index in [1.165, 1.54) is 36.8 Å². The number of benzene rings is 1. The van der Waals surface area contributed by atoms with E-state index in [1.807, 2.05) is 0 Å². The largest absolute Gasteiger partial charge is 0.496 e. The van der Waals surface area contributed by atoms with Crippen molar-refractivity contribution in [2.45, 2.75) is 38.0 Å². The normalized spacial score (nSPS) is 20.5. The van der Waals surface area contributed by atoms with Crippen molar-refractivity contribution >= 4 is 11.6 Å². The Bertz CT molecular complexity index is 450. The second-order valence-electron chi connectivity index (χ2n) is 5.87. The Morgan fingerprint density at radius 3 is 2.58 bits per heavy atom. The molecule has 1 aliphatic heterocycles. The van der Waals surface area contributed by atoms with Gasteiger partial charge in [0.25, 0.3) is 0 Å². The number of rotatable bonds is 4. The third-order valence-corrected chi connectivity index (χ3v) is 4.65. The molecule has 3 heteroatoms. The molecule has 0 radical (unpaired) electrons. The summed E-state index contributed by atoms with van der Waals surface area (Å²) >= 11 is 6.47. The van der Waals surface area contributed by atoms with Crippen LogP contribution < -0.4 is 10.1 Å². The molecular weight excluding hydrogens is 258 g/mol. The first-order valence-electron chi connectivity index (χ1n) is 7.35. The van der Waals surface area contributed by atoms with Gasteiger partial charge in [-0.3, -0.25) is 0 Å². The number of hydrogen-bond donors (Lipinski definition) is 1. The fraction of sp³-hybridized carbons (Fsp3) is 0.625. The van der Waals surface area contributed by atoms with Crippen molar-refractivity contribution in [2.75, 3.05) is 20.2 Å². The molecule has 0 spiro atoms. The van der Waals surface area contributed by atoms with Crippen molar-refractivity contribution in [3.63, 3.8) is 0 Å². The van der Waals surface area contributed by atoms with Gasteiger partial charge in [0, 0.05) is 10.6 Å². The minimum absolute atomic E-state index is 0.635. The van der Waals surface area contributed by atoms with Crippen LogP contribution in [0.15, 0.2) is 12.1 Å². The maximum atomic E-state index is 6.47. The molecule has 1 N–H and O–H groups in total. The minimum Gasteiger partial charge on any atom is -0.496 e. The summed E-state index contributed by atoms with van der Waals surface area (Å²) < 4.78 is 5.56. The van der Waals surface area contributed by atoms with Gasteiger partial charge in [-0.15, -0.1) is 0 Å². The van der Waals surface area contributed by atoms with Crippen LogP contribution in [-0.2, 0) is 6.42 Å². The number of hydrogen-bond acceptors (Lipinski definition) is 2. The van der Waals surface area contributed by atoms with Gasteiger partial charge in [-0.25, -0.2) is 0 Å². The molecule has 0 bridgehead atoms. The third-order valence-electron chi connectivity index (χ3n) is 4.34. The predicted octanol–water partition coefficient (Wildman–Crippen LogP) is 3.77. The zero-order valence-corrected chi connectivity index (χ0v) is 12.3. The van der Waals surface area contributed by atoms with Gasteiger partial charge < -0.3 is 10.1 Å². The molecule has 0 amide bonds. The fourth-order valence-electron chi connectivity index (χ4n) is 3.12. The Balaban J connectivity index is 1.79. The Morgan fingerprint density at radius 1 is 1.21 bits per heavy atom. The van der Waals surface area contributed by atoms with E-state index in [1.54, 1.807) is 7.11 Å². The summed E-state index contributed by atoms with van der Waals surface area (Å²) in [4.78, 5) is 0. The Kier molecular flexibility index (Phi) is 3.99. The SMILES string of the molecule is COc1cc(CC2CCNCC2)cc(Cl)c1C1CC1. The zero-order chi connectivity index (χ0) is 13.2. The van der Waals surface area contributed by atoms with E-state index in [9.17, 15) is 0 Å². The Hall–Kier alpha value is -0.730. The summed E-state index contributed by atoms with van der Waals surface area (Å²) in [5, 5.41) is 4.32. The highest BCUT2D eigenvalue weighted by atomic mass is 35.5. The number of halogens is 1. The zero-order valence-electron chi connectivity index (χ0n) is 11.5. The summed E-state index contributed by atoms with van der Waals surface area (Å²) in [6.07, 6.45) is 6.17. The molecule has 1 saturated carbocycles. The molecule has 0 aromatic heterocycles. The fourth-order valence-corrected chi connectivity index (χ4v) is 3.51. The molecule has 1 heterocycles. The van der Waals surface area contributed by atoms with Crippen LogP contribution in [0, 0.1) is 5.92 Å². The number of ether oxygens (including phenoxy) is 1. The molecule has 1 saturated heterocycles. The monoisotopic (exact) mass is 279 g/mol. The van der Waals surface area contributed by atoms with Crippen molar-refractivity contribution in [1.29, 1.82) is 0 Å².